The summed E-state index contributed by atoms with van der Waals surface area (Å²) in [5.41, 5.74) is -0.214. The number of aliphatic hydroxyl groups excluding tert-OH is 2. The van der Waals surface area contributed by atoms with Gasteiger partial charge in [0.2, 0.25) is 0 Å². The number of ether oxygens (including phenoxy) is 1. The average Bonchev–Trinajstić information content (AvgIpc) is 2.55. The molecular formula is C16H30N2O4. The fourth-order valence-electron chi connectivity index (χ4n) is 3.62. The first kappa shape index (κ1) is 17.5. The average molecular weight is 314 g/mol. The van der Waals surface area contributed by atoms with Gasteiger partial charge in [0.15, 0.2) is 0 Å². The van der Waals surface area contributed by atoms with Gasteiger partial charge in [-0.05, 0) is 19.3 Å². The number of urea groups is 1. The van der Waals surface area contributed by atoms with Crippen molar-refractivity contribution in [1.29, 1.82) is 0 Å². The van der Waals surface area contributed by atoms with E-state index < -0.39 is 0 Å². The summed E-state index contributed by atoms with van der Waals surface area (Å²) in [5, 5.41) is 22.0. The van der Waals surface area contributed by atoms with Gasteiger partial charge in [-0.3, -0.25) is 0 Å². The predicted molar refractivity (Wildman–Crippen MR) is 83.6 cm³/mol. The predicted octanol–water partition coefficient (Wildman–Crippen LogP) is 1.11. The number of piperidine rings is 1. The van der Waals surface area contributed by atoms with E-state index in [1.807, 2.05) is 4.90 Å². The van der Waals surface area contributed by atoms with Gasteiger partial charge in [0.25, 0.3) is 0 Å². The van der Waals surface area contributed by atoms with Crippen LogP contribution in [0.15, 0.2) is 0 Å². The second kappa shape index (κ2) is 8.13. The molecule has 1 aliphatic carbocycles. The molecule has 0 aromatic carbocycles. The Morgan fingerprint density at radius 1 is 1.36 bits per heavy atom. The van der Waals surface area contributed by atoms with Gasteiger partial charge < -0.3 is 25.2 Å². The van der Waals surface area contributed by atoms with Crippen molar-refractivity contribution in [1.82, 2.24) is 10.2 Å². The van der Waals surface area contributed by atoms with E-state index in [1.165, 1.54) is 0 Å². The van der Waals surface area contributed by atoms with Crippen LogP contribution in [0.4, 0.5) is 4.79 Å². The van der Waals surface area contributed by atoms with Crippen molar-refractivity contribution < 1.29 is 19.7 Å². The van der Waals surface area contributed by atoms with Gasteiger partial charge in [0, 0.05) is 31.5 Å². The standard InChI is InChI=1S/C16H30N2O4/c1-2-3-4-7-17-15(21)18-8-5-16(6-9-18)13(20)12-14(16)22-11-10-19/h13-14,19-20H,2-12H2,1H3,(H,17,21)/t13-,14+/m1/s1. The molecule has 1 saturated carbocycles. The maximum absolute atomic E-state index is 12.1. The summed E-state index contributed by atoms with van der Waals surface area (Å²) in [6.07, 6.45) is 5.17. The summed E-state index contributed by atoms with van der Waals surface area (Å²) in [5.74, 6) is 0. The van der Waals surface area contributed by atoms with Crippen LogP contribution in [0, 0.1) is 5.41 Å². The number of hydrogen-bond donors (Lipinski definition) is 3. The Balaban J connectivity index is 1.75. The normalized spacial score (nSPS) is 26.8. The van der Waals surface area contributed by atoms with E-state index in [0.717, 1.165) is 38.6 Å². The molecule has 6 heteroatoms. The lowest BCUT2D eigenvalue weighted by atomic mass is 9.58. The molecule has 1 spiro atoms. The number of nitrogens with one attached hydrogen (secondary N) is 1. The van der Waals surface area contributed by atoms with Crippen LogP contribution in [0.25, 0.3) is 0 Å². The van der Waals surface area contributed by atoms with Crippen LogP contribution in [-0.4, -0.2) is 66.2 Å². The zero-order valence-corrected chi connectivity index (χ0v) is 13.6. The molecule has 0 radical (unpaired) electrons. The minimum absolute atomic E-state index is 0.00703. The number of carbonyl (C=O) groups is 1. The van der Waals surface area contributed by atoms with Crippen LogP contribution >= 0.6 is 0 Å². The summed E-state index contributed by atoms with van der Waals surface area (Å²) < 4.78 is 5.65. The van der Waals surface area contributed by atoms with E-state index in [0.29, 0.717) is 26.1 Å². The van der Waals surface area contributed by atoms with E-state index in [4.69, 9.17) is 9.84 Å². The lowest BCUT2D eigenvalue weighted by Gasteiger charge is -2.56. The maximum atomic E-state index is 12.1. The lowest BCUT2D eigenvalue weighted by molar-refractivity contribution is -0.211. The van der Waals surface area contributed by atoms with E-state index in [2.05, 4.69) is 12.2 Å². The monoisotopic (exact) mass is 314 g/mol. The molecule has 2 amide bonds. The summed E-state index contributed by atoms with van der Waals surface area (Å²) in [6.45, 7) is 4.53. The van der Waals surface area contributed by atoms with Gasteiger partial charge in [-0.1, -0.05) is 19.8 Å². The summed E-state index contributed by atoms with van der Waals surface area (Å²) in [6, 6.07) is 0.00703. The third-order valence-electron chi connectivity index (χ3n) is 5.19. The summed E-state index contributed by atoms with van der Waals surface area (Å²) in [4.78, 5) is 13.9. The minimum atomic E-state index is -0.342. The molecule has 3 N–H and O–H groups in total. The fourth-order valence-corrected chi connectivity index (χ4v) is 3.62. The molecule has 22 heavy (non-hydrogen) atoms. The highest BCUT2D eigenvalue weighted by Gasteiger charge is 2.56. The van der Waals surface area contributed by atoms with E-state index in [-0.39, 0.29) is 30.3 Å². The summed E-state index contributed by atoms with van der Waals surface area (Å²) in [7, 11) is 0. The Hall–Kier alpha value is -0.850. The quantitative estimate of drug-likeness (QED) is 0.615. The molecule has 128 valence electrons. The first-order valence-corrected chi connectivity index (χ1v) is 8.57. The van der Waals surface area contributed by atoms with Crippen LogP contribution < -0.4 is 5.32 Å². The number of aliphatic hydroxyl groups is 2. The van der Waals surface area contributed by atoms with E-state index in [1.54, 1.807) is 0 Å². The largest absolute Gasteiger partial charge is 0.394 e. The minimum Gasteiger partial charge on any atom is -0.394 e. The molecule has 1 saturated heterocycles. The topological polar surface area (TPSA) is 82.0 Å². The Morgan fingerprint density at radius 3 is 2.68 bits per heavy atom. The van der Waals surface area contributed by atoms with Crippen LogP contribution in [-0.2, 0) is 4.74 Å². The second-order valence-electron chi connectivity index (χ2n) is 6.49. The molecule has 1 heterocycles. The number of amides is 2. The summed E-state index contributed by atoms with van der Waals surface area (Å²) >= 11 is 0. The zero-order chi connectivity index (χ0) is 16.0. The van der Waals surface area contributed by atoms with E-state index in [9.17, 15) is 9.90 Å². The highest BCUT2D eigenvalue weighted by atomic mass is 16.5. The number of carbonyl (C=O) groups excluding carboxylic acids is 1. The highest BCUT2D eigenvalue weighted by Crippen LogP contribution is 2.50. The molecule has 2 rings (SSSR count). The Bertz CT molecular complexity index is 356. The van der Waals surface area contributed by atoms with Gasteiger partial charge in [0.05, 0.1) is 25.4 Å². The van der Waals surface area contributed by atoms with Gasteiger partial charge >= 0.3 is 6.03 Å². The van der Waals surface area contributed by atoms with Crippen molar-refractivity contribution in [2.45, 2.75) is 57.7 Å². The molecule has 0 unspecified atom stereocenters. The Labute approximate surface area is 132 Å². The molecule has 2 atom stereocenters. The highest BCUT2D eigenvalue weighted by molar-refractivity contribution is 5.74. The second-order valence-corrected chi connectivity index (χ2v) is 6.49. The SMILES string of the molecule is CCCCCNC(=O)N1CCC2(CC1)[C@H](O)C[C@@H]2OCCO. The van der Waals surface area contributed by atoms with Crippen molar-refractivity contribution >= 4 is 6.03 Å². The van der Waals surface area contributed by atoms with Crippen molar-refractivity contribution in [3.8, 4) is 0 Å². The Morgan fingerprint density at radius 2 is 2.09 bits per heavy atom. The van der Waals surface area contributed by atoms with E-state index >= 15 is 0 Å². The molecular weight excluding hydrogens is 284 g/mol. The molecule has 6 nitrogen and oxygen atoms in total. The number of likely N-dealkylation sites (tertiary alicyclic amines) is 1. The molecule has 0 aromatic rings. The number of rotatable bonds is 7. The third kappa shape index (κ3) is 3.73. The van der Waals surface area contributed by atoms with Crippen molar-refractivity contribution in [2.24, 2.45) is 5.41 Å². The van der Waals surface area contributed by atoms with Crippen LogP contribution in [0.3, 0.4) is 0 Å². The number of nitrogens with zero attached hydrogens (tertiary/aromatic N) is 1. The van der Waals surface area contributed by atoms with Crippen molar-refractivity contribution in [3.05, 3.63) is 0 Å². The lowest BCUT2D eigenvalue weighted by Crippen LogP contribution is -2.63. The fraction of sp³-hybridized carbons (Fsp3) is 0.938. The molecule has 2 fully saturated rings. The zero-order valence-electron chi connectivity index (χ0n) is 13.6. The first-order chi connectivity index (χ1) is 10.6. The number of unbranched alkanes of at least 4 members (excludes halogenated alkanes) is 2. The van der Waals surface area contributed by atoms with Gasteiger partial charge in [-0.25, -0.2) is 4.79 Å². The third-order valence-corrected chi connectivity index (χ3v) is 5.19. The van der Waals surface area contributed by atoms with Crippen LogP contribution in [0.5, 0.6) is 0 Å². The molecule has 1 aliphatic heterocycles. The molecule has 0 bridgehead atoms. The Kier molecular flexibility index (Phi) is 6.47. The van der Waals surface area contributed by atoms with Crippen molar-refractivity contribution in [3.63, 3.8) is 0 Å². The molecule has 0 aromatic heterocycles. The van der Waals surface area contributed by atoms with Crippen LogP contribution in [0.2, 0.25) is 0 Å². The smallest absolute Gasteiger partial charge is 0.317 e. The van der Waals surface area contributed by atoms with Crippen molar-refractivity contribution in [2.75, 3.05) is 32.8 Å². The molecule has 2 aliphatic rings. The maximum Gasteiger partial charge on any atom is 0.317 e. The van der Waals surface area contributed by atoms with Crippen LogP contribution in [0.1, 0.15) is 45.4 Å². The number of hydrogen-bond acceptors (Lipinski definition) is 4. The van der Waals surface area contributed by atoms with Gasteiger partial charge in [-0.2, -0.15) is 0 Å². The van der Waals surface area contributed by atoms with Gasteiger partial charge in [0.1, 0.15) is 0 Å². The van der Waals surface area contributed by atoms with Gasteiger partial charge in [-0.15, -0.1) is 0 Å². The first-order valence-electron chi connectivity index (χ1n) is 8.57.